The van der Waals surface area contributed by atoms with E-state index in [4.69, 9.17) is 14.2 Å². The van der Waals surface area contributed by atoms with Crippen LogP contribution >= 0.6 is 0 Å². The molecular weight excluding hydrogens is 1020 g/mol. The minimum atomic E-state index is -0.779. The van der Waals surface area contributed by atoms with Gasteiger partial charge in [-0.15, -0.1) is 0 Å². The lowest BCUT2D eigenvalue weighted by Gasteiger charge is -2.18. The average molecular weight is 1150 g/mol. The number of allylic oxidation sites excluding steroid dienone is 18. The summed E-state index contributed by atoms with van der Waals surface area (Å²) < 4.78 is 16.9. The molecule has 0 rings (SSSR count). The zero-order chi connectivity index (χ0) is 59.9. The van der Waals surface area contributed by atoms with Gasteiger partial charge in [0.05, 0.1) is 0 Å². The van der Waals surface area contributed by atoms with Gasteiger partial charge in [0, 0.05) is 19.3 Å². The van der Waals surface area contributed by atoms with Crippen molar-refractivity contribution in [2.75, 3.05) is 13.2 Å². The average Bonchev–Trinajstić information content (AvgIpc) is 3.49. The smallest absolute Gasteiger partial charge is 0.306 e. The molecule has 0 fully saturated rings. The van der Waals surface area contributed by atoms with Crippen LogP contribution in [0.4, 0.5) is 0 Å². The Labute approximate surface area is 514 Å². The molecule has 6 nitrogen and oxygen atoms in total. The van der Waals surface area contributed by atoms with Crippen LogP contribution in [0.2, 0.25) is 0 Å². The Kier molecular flexibility index (Phi) is 67.2. The molecule has 83 heavy (non-hydrogen) atoms. The Balaban J connectivity index is 4.05. The molecule has 0 radical (unpaired) electrons. The second-order valence-corrected chi connectivity index (χ2v) is 23.4. The van der Waals surface area contributed by atoms with Gasteiger partial charge in [0.25, 0.3) is 0 Å². The fourth-order valence-electron chi connectivity index (χ4n) is 9.99. The van der Waals surface area contributed by atoms with E-state index in [-0.39, 0.29) is 31.1 Å². The number of rotatable bonds is 64. The van der Waals surface area contributed by atoms with Crippen LogP contribution in [-0.2, 0) is 28.6 Å². The lowest BCUT2D eigenvalue weighted by atomic mass is 10.0. The van der Waals surface area contributed by atoms with E-state index >= 15 is 0 Å². The molecule has 476 valence electrons. The molecule has 0 amide bonds. The number of hydrogen-bond acceptors (Lipinski definition) is 6. The summed E-state index contributed by atoms with van der Waals surface area (Å²) >= 11 is 0. The molecule has 0 saturated carbocycles. The van der Waals surface area contributed by atoms with E-state index in [1.165, 1.54) is 186 Å². The molecular formula is C77H132O6. The summed E-state index contributed by atoms with van der Waals surface area (Å²) in [6.45, 7) is 6.50. The van der Waals surface area contributed by atoms with Gasteiger partial charge in [-0.05, 0) is 109 Å². The van der Waals surface area contributed by atoms with Gasteiger partial charge in [-0.2, -0.15) is 0 Å². The highest BCUT2D eigenvalue weighted by Crippen LogP contribution is 2.17. The molecule has 0 aromatic carbocycles. The summed E-state index contributed by atoms with van der Waals surface area (Å²) in [5, 5.41) is 0. The Bertz CT molecular complexity index is 1660. The standard InChI is InChI=1S/C77H132O6/c1-4-7-10-13-16-18-20-22-24-26-28-30-32-33-34-35-36-37-38-39-40-41-42-43-45-46-48-50-52-54-56-58-61-64-67-70-76(79)82-73-74(72-81-75(78)69-66-63-60-15-12-9-6-3)83-77(80)71-68-65-62-59-57-55-53-51-49-47-44-31-29-27-25-23-21-19-17-14-11-8-5-2/h7,10,16,18,21-24,27-30,33-34,36-37,44,47,74H,4-6,8-9,11-15,17,19-20,25-26,31-32,35,38-43,45-46,48-73H2,1-3H3/b10-7-,18-16-,23-21-,24-22-,29-27-,30-28-,34-33-,37-36-,47-44-. The highest BCUT2D eigenvalue weighted by Gasteiger charge is 2.19. The molecule has 0 N–H and O–H groups in total. The third kappa shape index (κ3) is 68.7. The minimum absolute atomic E-state index is 0.0777. The van der Waals surface area contributed by atoms with E-state index < -0.39 is 6.10 Å². The predicted molar refractivity (Wildman–Crippen MR) is 362 cm³/mol. The Morgan fingerprint density at radius 1 is 0.253 bits per heavy atom. The quantitative estimate of drug-likeness (QED) is 0.0261. The zero-order valence-electron chi connectivity index (χ0n) is 54.7. The first-order valence-corrected chi connectivity index (χ1v) is 35.4. The lowest BCUT2D eigenvalue weighted by molar-refractivity contribution is -0.167. The molecule has 0 spiro atoms. The molecule has 0 aromatic heterocycles. The van der Waals surface area contributed by atoms with Crippen molar-refractivity contribution < 1.29 is 28.6 Å². The van der Waals surface area contributed by atoms with Gasteiger partial charge in [0.1, 0.15) is 13.2 Å². The van der Waals surface area contributed by atoms with Crippen molar-refractivity contribution in [1.82, 2.24) is 0 Å². The maximum atomic E-state index is 12.9. The van der Waals surface area contributed by atoms with E-state index in [1.54, 1.807) is 0 Å². The summed E-state index contributed by atoms with van der Waals surface area (Å²) in [5.41, 5.74) is 0. The molecule has 1 unspecified atom stereocenters. The highest BCUT2D eigenvalue weighted by molar-refractivity contribution is 5.71. The van der Waals surface area contributed by atoms with E-state index in [0.29, 0.717) is 19.3 Å². The predicted octanol–water partition coefficient (Wildman–Crippen LogP) is 24.6. The Hall–Kier alpha value is -3.93. The number of esters is 3. The normalized spacial score (nSPS) is 12.8. The summed E-state index contributed by atoms with van der Waals surface area (Å²) in [4.78, 5) is 38.2. The number of unbranched alkanes of at least 4 members (excludes halogenated alkanes) is 35. The third-order valence-electron chi connectivity index (χ3n) is 15.3. The minimum Gasteiger partial charge on any atom is -0.462 e. The molecule has 0 saturated heterocycles. The molecule has 0 aliphatic rings. The van der Waals surface area contributed by atoms with Crippen molar-refractivity contribution in [2.45, 2.75) is 348 Å². The van der Waals surface area contributed by atoms with Crippen LogP contribution in [0.15, 0.2) is 109 Å². The summed E-state index contributed by atoms with van der Waals surface area (Å²) in [6.07, 6.45) is 97.2. The fourth-order valence-corrected chi connectivity index (χ4v) is 9.99. The highest BCUT2D eigenvalue weighted by atomic mass is 16.6. The first-order chi connectivity index (χ1) is 41.0. The van der Waals surface area contributed by atoms with Crippen molar-refractivity contribution in [3.63, 3.8) is 0 Å². The first-order valence-electron chi connectivity index (χ1n) is 35.4. The van der Waals surface area contributed by atoms with Crippen molar-refractivity contribution in [1.29, 1.82) is 0 Å². The molecule has 0 aromatic rings. The second-order valence-electron chi connectivity index (χ2n) is 23.4. The van der Waals surface area contributed by atoms with Gasteiger partial charge >= 0.3 is 17.9 Å². The SMILES string of the molecule is CC/C=C\C/C=C\C/C=C\C/C=C\C/C=C\C/C=C\CCCCCCCCCCCCCCCCCCC(=O)OCC(COC(=O)CCCCCCCCC)OC(=O)CCCCCCCCCC/C=C\C/C=C\C/C=C\CCCCCCC. The zero-order valence-corrected chi connectivity index (χ0v) is 54.7. The first kappa shape index (κ1) is 79.1. The van der Waals surface area contributed by atoms with Gasteiger partial charge in [0.2, 0.25) is 0 Å². The Morgan fingerprint density at radius 3 is 0.735 bits per heavy atom. The maximum absolute atomic E-state index is 12.9. The molecule has 0 aliphatic carbocycles. The van der Waals surface area contributed by atoms with E-state index in [0.717, 1.165) is 116 Å². The summed E-state index contributed by atoms with van der Waals surface area (Å²) in [6, 6.07) is 0. The van der Waals surface area contributed by atoms with E-state index in [2.05, 4.69) is 130 Å². The van der Waals surface area contributed by atoms with Crippen LogP contribution in [0, 0.1) is 0 Å². The fraction of sp³-hybridized carbons (Fsp3) is 0.727. The number of carbonyl (C=O) groups excluding carboxylic acids is 3. The van der Waals surface area contributed by atoms with Crippen LogP contribution in [0.3, 0.4) is 0 Å². The maximum Gasteiger partial charge on any atom is 0.306 e. The largest absolute Gasteiger partial charge is 0.462 e. The van der Waals surface area contributed by atoms with Crippen molar-refractivity contribution >= 4 is 17.9 Å². The second kappa shape index (κ2) is 70.6. The van der Waals surface area contributed by atoms with E-state index in [1.807, 2.05) is 0 Å². The molecule has 1 atom stereocenters. The van der Waals surface area contributed by atoms with Crippen LogP contribution in [0.5, 0.6) is 0 Å². The monoisotopic (exact) mass is 1150 g/mol. The number of carbonyl (C=O) groups is 3. The van der Waals surface area contributed by atoms with Gasteiger partial charge in [-0.1, -0.05) is 323 Å². The van der Waals surface area contributed by atoms with E-state index in [9.17, 15) is 14.4 Å². The number of ether oxygens (including phenoxy) is 3. The third-order valence-corrected chi connectivity index (χ3v) is 15.3. The summed E-state index contributed by atoms with van der Waals surface area (Å²) in [7, 11) is 0. The van der Waals surface area contributed by atoms with Gasteiger partial charge in [0.15, 0.2) is 6.10 Å². The van der Waals surface area contributed by atoms with Gasteiger partial charge in [-0.3, -0.25) is 14.4 Å². The van der Waals surface area contributed by atoms with Crippen molar-refractivity contribution in [3.05, 3.63) is 109 Å². The lowest BCUT2D eigenvalue weighted by Crippen LogP contribution is -2.30. The molecule has 0 bridgehead atoms. The summed E-state index contributed by atoms with van der Waals surface area (Å²) in [5.74, 6) is -0.879. The van der Waals surface area contributed by atoms with Gasteiger partial charge < -0.3 is 14.2 Å². The molecule has 6 heteroatoms. The van der Waals surface area contributed by atoms with Crippen LogP contribution in [0.25, 0.3) is 0 Å². The van der Waals surface area contributed by atoms with Crippen LogP contribution in [-0.4, -0.2) is 37.2 Å². The number of hydrogen-bond donors (Lipinski definition) is 0. The molecule has 0 aliphatic heterocycles. The van der Waals surface area contributed by atoms with Crippen molar-refractivity contribution in [2.24, 2.45) is 0 Å². The van der Waals surface area contributed by atoms with Crippen LogP contribution in [0.1, 0.15) is 342 Å². The van der Waals surface area contributed by atoms with Crippen LogP contribution < -0.4 is 0 Å². The topological polar surface area (TPSA) is 78.9 Å². The molecule has 0 heterocycles. The van der Waals surface area contributed by atoms with Gasteiger partial charge in [-0.25, -0.2) is 0 Å². The Morgan fingerprint density at radius 2 is 0.470 bits per heavy atom. The van der Waals surface area contributed by atoms with Crippen molar-refractivity contribution in [3.8, 4) is 0 Å².